The molecule has 0 unspecified atom stereocenters. The van der Waals surface area contributed by atoms with Gasteiger partial charge in [-0.3, -0.25) is 24.0 Å². The van der Waals surface area contributed by atoms with Gasteiger partial charge in [-0.1, -0.05) is 49.1 Å². The molecular formula is C31H40ClN5O7S. The number of hydrogen-bond acceptors (Lipinski definition) is 8. The Morgan fingerprint density at radius 2 is 1.84 bits per heavy atom. The number of carbonyl (C=O) groups excluding carboxylic acids is 4. The lowest BCUT2D eigenvalue weighted by atomic mass is 9.83. The van der Waals surface area contributed by atoms with Crippen LogP contribution in [-0.2, 0) is 42.2 Å². The highest BCUT2D eigenvalue weighted by atomic mass is 35.5. The second kappa shape index (κ2) is 12.2. The van der Waals surface area contributed by atoms with Gasteiger partial charge in [0.05, 0.1) is 24.4 Å². The van der Waals surface area contributed by atoms with Gasteiger partial charge in [0.15, 0.2) is 0 Å². The molecule has 5 aliphatic rings. The van der Waals surface area contributed by atoms with Gasteiger partial charge in [0, 0.05) is 23.9 Å². The second-order valence-corrected chi connectivity index (χ2v) is 15.5. The van der Waals surface area contributed by atoms with Gasteiger partial charge in [0.25, 0.3) is 5.91 Å². The van der Waals surface area contributed by atoms with Gasteiger partial charge >= 0.3 is 6.09 Å². The largest absolute Gasteiger partial charge is 0.444 e. The van der Waals surface area contributed by atoms with Crippen molar-refractivity contribution >= 4 is 45.4 Å². The monoisotopic (exact) mass is 661 g/mol. The minimum atomic E-state index is -3.85. The molecule has 4 fully saturated rings. The minimum Gasteiger partial charge on any atom is -0.444 e. The Balaban J connectivity index is 1.18. The number of nitrogens with two attached hydrogens (primary N) is 1. The van der Waals surface area contributed by atoms with Crippen LogP contribution in [0.15, 0.2) is 30.9 Å². The molecule has 244 valence electrons. The maximum absolute atomic E-state index is 13.9. The van der Waals surface area contributed by atoms with E-state index in [9.17, 15) is 27.6 Å². The highest BCUT2D eigenvalue weighted by Crippen LogP contribution is 2.45. The molecule has 0 spiro atoms. The fraction of sp³-hybridized carbons (Fsp3) is 0.613. The Morgan fingerprint density at radius 1 is 1.11 bits per heavy atom. The van der Waals surface area contributed by atoms with Crippen LogP contribution in [0, 0.1) is 11.8 Å². The number of likely N-dealkylation sites (tertiary alicyclic amines) is 1. The molecule has 2 heterocycles. The summed E-state index contributed by atoms with van der Waals surface area (Å²) in [7, 11) is -3.85. The molecule has 4 N–H and O–H groups in total. The van der Waals surface area contributed by atoms with E-state index in [0.29, 0.717) is 24.4 Å². The summed E-state index contributed by atoms with van der Waals surface area (Å²) in [4.78, 5) is 57.1. The summed E-state index contributed by atoms with van der Waals surface area (Å²) in [5.41, 5.74) is 6.75. The predicted octanol–water partition coefficient (Wildman–Crippen LogP) is 2.34. The normalized spacial score (nSPS) is 28.6. The topological polar surface area (TPSA) is 168 Å². The lowest BCUT2D eigenvalue weighted by Gasteiger charge is -2.32. The van der Waals surface area contributed by atoms with Crippen LogP contribution in [0.1, 0.15) is 68.9 Å². The van der Waals surface area contributed by atoms with E-state index in [-0.39, 0.29) is 31.8 Å². The Labute approximate surface area is 268 Å². The van der Waals surface area contributed by atoms with E-state index in [1.54, 1.807) is 6.07 Å². The number of ether oxygens (including phenoxy) is 1. The van der Waals surface area contributed by atoms with Crippen LogP contribution in [0.3, 0.4) is 0 Å². The van der Waals surface area contributed by atoms with Crippen LogP contribution < -0.4 is 15.8 Å². The standard InChI is InChI=1S/C31H40ClN5O7S/c1-2-20-14-31(20,29(40)35-45(42,43)22-11-12-22)34-27(38)25-13-21(16-37(25)28(39)26(33)18-7-4-3-5-8-18)44-30(41)36-15-19-9-6-10-24(32)23(19)17-36/h2,6,9-10,18,20-22,25-26H,1,3-5,7-8,11-17,33H2,(H,34,38)(H,35,40)/t20-,21-,25+,26+,31-/m1/s1. The molecule has 4 amide bonds. The van der Waals surface area contributed by atoms with Gasteiger partial charge < -0.3 is 20.7 Å². The molecule has 1 saturated heterocycles. The number of nitrogens with zero attached hydrogens (tertiary/aromatic N) is 2. The fourth-order valence-electron chi connectivity index (χ4n) is 7.01. The van der Waals surface area contributed by atoms with Gasteiger partial charge in [-0.25, -0.2) is 13.2 Å². The number of sulfonamides is 1. The van der Waals surface area contributed by atoms with Crippen LogP contribution in [0.2, 0.25) is 5.02 Å². The number of halogens is 1. The highest BCUT2D eigenvalue weighted by molar-refractivity contribution is 7.91. The first-order valence-electron chi connectivity index (χ1n) is 15.7. The fourth-order valence-corrected chi connectivity index (χ4v) is 8.63. The van der Waals surface area contributed by atoms with Gasteiger partial charge in [0.1, 0.15) is 17.7 Å². The molecule has 2 aliphatic heterocycles. The summed E-state index contributed by atoms with van der Waals surface area (Å²) in [6, 6.07) is 3.58. The van der Waals surface area contributed by atoms with Crippen molar-refractivity contribution in [3.05, 3.63) is 47.0 Å². The van der Waals surface area contributed by atoms with E-state index in [1.807, 2.05) is 12.1 Å². The van der Waals surface area contributed by atoms with Crippen LogP contribution in [-0.4, -0.2) is 77.6 Å². The van der Waals surface area contributed by atoms with Crippen molar-refractivity contribution in [2.75, 3.05) is 6.54 Å². The van der Waals surface area contributed by atoms with E-state index in [2.05, 4.69) is 16.6 Å². The number of amides is 4. The number of fused-ring (bicyclic) bond motifs is 1. The lowest BCUT2D eigenvalue weighted by molar-refractivity contribution is -0.141. The van der Waals surface area contributed by atoms with Gasteiger partial charge in [-0.15, -0.1) is 6.58 Å². The molecule has 14 heteroatoms. The molecule has 0 aromatic heterocycles. The summed E-state index contributed by atoms with van der Waals surface area (Å²) >= 11 is 6.32. The zero-order chi connectivity index (χ0) is 32.1. The molecule has 3 saturated carbocycles. The van der Waals surface area contributed by atoms with Crippen LogP contribution in [0.5, 0.6) is 0 Å². The number of nitrogens with one attached hydrogen (secondary N) is 2. The lowest BCUT2D eigenvalue weighted by Crippen LogP contribution is -2.58. The van der Waals surface area contributed by atoms with Crippen molar-refractivity contribution in [3.63, 3.8) is 0 Å². The quantitative estimate of drug-likeness (QED) is 0.339. The molecular weight excluding hydrogens is 622 g/mol. The number of benzene rings is 1. The Morgan fingerprint density at radius 3 is 2.49 bits per heavy atom. The third-order valence-electron chi connectivity index (χ3n) is 9.99. The molecule has 45 heavy (non-hydrogen) atoms. The van der Waals surface area contributed by atoms with Crippen molar-refractivity contribution in [3.8, 4) is 0 Å². The molecule has 12 nitrogen and oxygen atoms in total. The van der Waals surface area contributed by atoms with Crippen LogP contribution >= 0.6 is 11.6 Å². The molecule has 0 bridgehead atoms. The zero-order valence-electron chi connectivity index (χ0n) is 25.1. The molecule has 5 atom stereocenters. The summed E-state index contributed by atoms with van der Waals surface area (Å²) in [5, 5.41) is 2.70. The minimum absolute atomic E-state index is 0.000920. The first-order chi connectivity index (χ1) is 21.4. The van der Waals surface area contributed by atoms with E-state index in [0.717, 1.165) is 43.2 Å². The number of hydrogen-bond donors (Lipinski definition) is 3. The summed E-state index contributed by atoms with van der Waals surface area (Å²) in [6.07, 6.45) is 5.90. The van der Waals surface area contributed by atoms with Crippen molar-refractivity contribution < 1.29 is 32.3 Å². The second-order valence-electron chi connectivity index (χ2n) is 13.1. The van der Waals surface area contributed by atoms with E-state index >= 15 is 0 Å². The highest BCUT2D eigenvalue weighted by Gasteiger charge is 2.62. The van der Waals surface area contributed by atoms with Crippen molar-refractivity contribution in [1.29, 1.82) is 0 Å². The SMILES string of the molecule is C=C[C@@H]1C[C@]1(NC(=O)[C@@H]1C[C@@H](OC(=O)N2Cc3cccc(Cl)c3C2)CN1C(=O)[C@@H](N)C1CCCCC1)C(=O)NS(=O)(=O)C1CC1. The third-order valence-corrected chi connectivity index (χ3v) is 12.2. The van der Waals surface area contributed by atoms with Crippen LogP contribution in [0.4, 0.5) is 4.79 Å². The van der Waals surface area contributed by atoms with Gasteiger partial charge in [0.2, 0.25) is 21.8 Å². The van der Waals surface area contributed by atoms with Crippen molar-refractivity contribution in [2.45, 2.75) is 99.9 Å². The molecule has 1 aromatic carbocycles. The number of carbonyl (C=O) groups is 4. The number of rotatable bonds is 9. The average Bonchev–Trinajstić information content (AvgIpc) is 3.91. The summed E-state index contributed by atoms with van der Waals surface area (Å²) < 4.78 is 33.0. The van der Waals surface area contributed by atoms with E-state index in [4.69, 9.17) is 22.1 Å². The van der Waals surface area contributed by atoms with E-state index in [1.165, 1.54) is 15.9 Å². The first-order valence-corrected chi connectivity index (χ1v) is 17.6. The Bertz CT molecular complexity index is 1510. The first kappa shape index (κ1) is 31.8. The Hall–Kier alpha value is -3.16. The summed E-state index contributed by atoms with van der Waals surface area (Å²) in [6.45, 7) is 4.31. The average molecular weight is 662 g/mol. The van der Waals surface area contributed by atoms with Crippen molar-refractivity contribution in [1.82, 2.24) is 19.8 Å². The smallest absolute Gasteiger partial charge is 0.410 e. The maximum atomic E-state index is 13.9. The van der Waals surface area contributed by atoms with Gasteiger partial charge in [-0.05, 0) is 55.2 Å². The van der Waals surface area contributed by atoms with Crippen molar-refractivity contribution in [2.24, 2.45) is 17.6 Å². The predicted molar refractivity (Wildman–Crippen MR) is 165 cm³/mol. The molecule has 3 aliphatic carbocycles. The molecule has 1 aromatic rings. The Kier molecular flexibility index (Phi) is 8.64. The summed E-state index contributed by atoms with van der Waals surface area (Å²) in [5.74, 6) is -2.38. The molecule has 6 rings (SSSR count). The zero-order valence-corrected chi connectivity index (χ0v) is 26.7. The maximum Gasteiger partial charge on any atom is 0.410 e. The third kappa shape index (κ3) is 6.31. The van der Waals surface area contributed by atoms with Crippen LogP contribution in [0.25, 0.3) is 0 Å². The van der Waals surface area contributed by atoms with Gasteiger partial charge in [-0.2, -0.15) is 0 Å². The molecule has 0 radical (unpaired) electrons. The van der Waals surface area contributed by atoms with E-state index < -0.39 is 68.7 Å².